The predicted molar refractivity (Wildman–Crippen MR) is 162 cm³/mol. The molecule has 0 unspecified atom stereocenters. The van der Waals surface area contributed by atoms with Gasteiger partial charge in [0.1, 0.15) is 18.9 Å². The first kappa shape index (κ1) is 34.4. The predicted octanol–water partition coefficient (Wildman–Crippen LogP) is 6.38. The highest BCUT2D eigenvalue weighted by Crippen LogP contribution is 2.38. The number of halogens is 1. The Morgan fingerprint density at radius 2 is 1.65 bits per heavy atom. The van der Waals surface area contributed by atoms with Crippen LogP contribution in [0.4, 0.5) is 10.2 Å². The van der Waals surface area contributed by atoms with E-state index in [0.29, 0.717) is 6.42 Å². The second-order valence-corrected chi connectivity index (χ2v) is 11.5. The van der Waals surface area contributed by atoms with Gasteiger partial charge in [0.05, 0.1) is 6.33 Å². The number of esters is 1. The Kier molecular flexibility index (Phi) is 14.3. The summed E-state index contributed by atoms with van der Waals surface area (Å²) in [6.45, 7) is 4.04. The van der Waals surface area contributed by atoms with Crippen LogP contribution >= 0.6 is 0 Å². The summed E-state index contributed by atoms with van der Waals surface area (Å²) in [5.41, 5.74) is -1.30. The Balaban J connectivity index is 1.56. The van der Waals surface area contributed by atoms with Crippen LogP contribution in [0, 0.1) is 18.4 Å². The van der Waals surface area contributed by atoms with Crippen molar-refractivity contribution in [2.45, 2.75) is 141 Å². The molecule has 10 nitrogen and oxygen atoms in total. The van der Waals surface area contributed by atoms with Gasteiger partial charge in [-0.1, -0.05) is 96.8 Å². The lowest BCUT2D eigenvalue weighted by Gasteiger charge is -2.26. The number of hydrogen-bond donors (Lipinski definition) is 2. The quantitative estimate of drug-likeness (QED) is 0.0774. The zero-order valence-electron chi connectivity index (χ0n) is 25.8. The van der Waals surface area contributed by atoms with Crippen LogP contribution in [0.5, 0.6) is 0 Å². The number of imidazole rings is 1. The molecular weight excluding hydrogens is 553 g/mol. The Bertz CT molecular complexity index is 1210. The molecule has 1 fully saturated rings. The van der Waals surface area contributed by atoms with Crippen LogP contribution < -0.4 is 5.32 Å². The average Bonchev–Trinajstić information content (AvgIpc) is 3.56. The van der Waals surface area contributed by atoms with Gasteiger partial charge in [-0.2, -0.15) is 14.4 Å². The summed E-state index contributed by atoms with van der Waals surface area (Å²) in [4.78, 5) is 36.8. The molecule has 238 valence electrons. The number of terminal acetylenes is 1. The van der Waals surface area contributed by atoms with Gasteiger partial charge in [-0.3, -0.25) is 14.2 Å². The number of nitrogens with one attached hydrogen (secondary N) is 1. The van der Waals surface area contributed by atoms with Crippen LogP contribution in [0.25, 0.3) is 11.2 Å². The van der Waals surface area contributed by atoms with Crippen molar-refractivity contribution in [1.29, 1.82) is 0 Å². The minimum Gasteiger partial charge on any atom is -0.461 e. The maximum Gasteiger partial charge on any atom is 0.312 e. The summed E-state index contributed by atoms with van der Waals surface area (Å²) in [6, 6.07) is 0. The Morgan fingerprint density at radius 1 is 1.05 bits per heavy atom. The van der Waals surface area contributed by atoms with Gasteiger partial charge in [0.15, 0.2) is 22.6 Å². The molecule has 1 aliphatic rings. The first-order chi connectivity index (χ1) is 20.8. The van der Waals surface area contributed by atoms with Crippen molar-refractivity contribution in [1.82, 2.24) is 19.5 Å². The lowest BCUT2D eigenvalue weighted by molar-refractivity contribution is -0.156. The molecule has 3 rings (SSSR count). The Morgan fingerprint density at radius 3 is 2.28 bits per heavy atom. The summed E-state index contributed by atoms with van der Waals surface area (Å²) in [5, 5.41) is 13.5. The summed E-state index contributed by atoms with van der Waals surface area (Å²) in [5.74, 6) is 1.75. The number of carbonyl (C=O) groups is 2. The molecule has 2 N–H and O–H groups in total. The number of aliphatic hydroxyl groups is 1. The number of anilines is 1. The monoisotopic (exact) mass is 601 g/mol. The number of ether oxygens (including phenoxy) is 2. The molecule has 1 amide bonds. The first-order valence-electron chi connectivity index (χ1n) is 16.0. The van der Waals surface area contributed by atoms with Crippen LogP contribution in [0.15, 0.2) is 6.33 Å². The fourth-order valence-electron chi connectivity index (χ4n) is 5.33. The molecular formula is C32H48FN5O5. The number of carbonyl (C=O) groups excluding carboxylic acids is 2. The average molecular weight is 602 g/mol. The number of nitrogens with zero attached hydrogens (tertiary/aromatic N) is 4. The van der Waals surface area contributed by atoms with Crippen LogP contribution in [-0.2, 0) is 19.1 Å². The normalized spacial score (nSPS) is 19.9. The number of unbranched alkanes of at least 4 members (excludes halogenated alkanes) is 12. The minimum atomic E-state index is -1.57. The molecule has 0 bridgehead atoms. The van der Waals surface area contributed by atoms with Crippen LogP contribution in [-0.4, -0.2) is 54.8 Å². The summed E-state index contributed by atoms with van der Waals surface area (Å²) < 4.78 is 27.4. The highest BCUT2D eigenvalue weighted by Gasteiger charge is 2.49. The van der Waals surface area contributed by atoms with Gasteiger partial charge in [0.25, 0.3) is 0 Å². The van der Waals surface area contributed by atoms with Crippen LogP contribution in [0.3, 0.4) is 0 Å². The smallest absolute Gasteiger partial charge is 0.312 e. The van der Waals surface area contributed by atoms with Gasteiger partial charge in [-0.25, -0.2) is 4.98 Å². The molecule has 1 aliphatic heterocycles. The second kappa shape index (κ2) is 17.9. The van der Waals surface area contributed by atoms with E-state index in [0.717, 1.165) is 51.4 Å². The maximum absolute atomic E-state index is 14.5. The largest absolute Gasteiger partial charge is 0.461 e. The van der Waals surface area contributed by atoms with E-state index in [1.807, 2.05) is 0 Å². The molecule has 0 spiro atoms. The Hall–Kier alpha value is -3.10. The van der Waals surface area contributed by atoms with E-state index in [1.165, 1.54) is 49.4 Å². The number of aliphatic hydroxyl groups excluding tert-OH is 1. The van der Waals surface area contributed by atoms with E-state index in [4.69, 9.17) is 15.9 Å². The van der Waals surface area contributed by atoms with Gasteiger partial charge in [-0.05, 0) is 12.8 Å². The van der Waals surface area contributed by atoms with Gasteiger partial charge < -0.3 is 19.9 Å². The SMILES string of the molecule is C#C[C@]1(COC(=O)CCCCCCCCC)O[C@@H](n2cnc3c(NC(=O)CCCCCCCCC)nc(F)nc32)C[C@@H]1O. The van der Waals surface area contributed by atoms with Gasteiger partial charge in [0, 0.05) is 19.3 Å². The van der Waals surface area contributed by atoms with Crippen molar-refractivity contribution in [3.8, 4) is 12.3 Å². The second-order valence-electron chi connectivity index (χ2n) is 11.5. The molecule has 43 heavy (non-hydrogen) atoms. The highest BCUT2D eigenvalue weighted by molar-refractivity contribution is 5.96. The minimum absolute atomic E-state index is 0.0322. The van der Waals surface area contributed by atoms with Crippen molar-refractivity contribution in [2.75, 3.05) is 11.9 Å². The molecule has 2 aromatic rings. The van der Waals surface area contributed by atoms with Crippen molar-refractivity contribution < 1.29 is 28.6 Å². The number of aromatic nitrogens is 4. The third-order valence-corrected chi connectivity index (χ3v) is 7.96. The molecule has 0 saturated carbocycles. The molecule has 1 saturated heterocycles. The zero-order valence-corrected chi connectivity index (χ0v) is 25.8. The molecule has 0 aromatic carbocycles. The maximum atomic E-state index is 14.5. The molecule has 0 aliphatic carbocycles. The molecule has 3 atom stereocenters. The van der Waals surface area contributed by atoms with E-state index >= 15 is 0 Å². The zero-order chi connectivity index (χ0) is 31.1. The van der Waals surface area contributed by atoms with Crippen molar-refractivity contribution in [3.63, 3.8) is 0 Å². The third kappa shape index (κ3) is 10.2. The van der Waals surface area contributed by atoms with Crippen molar-refractivity contribution in [2.24, 2.45) is 0 Å². The van der Waals surface area contributed by atoms with E-state index in [9.17, 15) is 19.1 Å². The molecule has 0 radical (unpaired) electrons. The van der Waals surface area contributed by atoms with E-state index < -0.39 is 30.0 Å². The van der Waals surface area contributed by atoms with Crippen LogP contribution in [0.1, 0.15) is 129 Å². The standard InChI is InChI=1S/C32H48FN5O5/c1-4-7-9-11-13-15-17-19-25(40)35-29-28-30(37-31(33)36-29)38(23-34-28)26-21-24(39)32(6-3,43-26)22-42-27(41)20-18-16-14-12-10-8-5-2/h3,23-24,26,39H,4-5,7-22H2,1-2H3,(H,35,36,37,40)/t24-,26+,32+/m0/s1. The number of rotatable bonds is 20. The van der Waals surface area contributed by atoms with Gasteiger partial charge in [-0.15, -0.1) is 6.42 Å². The summed E-state index contributed by atoms with van der Waals surface area (Å²) >= 11 is 0. The third-order valence-electron chi connectivity index (χ3n) is 7.96. The van der Waals surface area contributed by atoms with Crippen molar-refractivity contribution in [3.05, 3.63) is 12.4 Å². The number of amides is 1. The first-order valence-corrected chi connectivity index (χ1v) is 16.0. The lowest BCUT2D eigenvalue weighted by atomic mass is 9.99. The van der Waals surface area contributed by atoms with E-state index in [1.54, 1.807) is 0 Å². The number of hydrogen-bond acceptors (Lipinski definition) is 8. The lowest BCUT2D eigenvalue weighted by Crippen LogP contribution is -2.43. The number of fused-ring (bicyclic) bond motifs is 1. The molecule has 11 heteroatoms. The molecule has 2 aromatic heterocycles. The molecule has 3 heterocycles. The van der Waals surface area contributed by atoms with Gasteiger partial charge in [0.2, 0.25) is 5.91 Å². The van der Waals surface area contributed by atoms with Gasteiger partial charge >= 0.3 is 12.0 Å². The van der Waals surface area contributed by atoms with E-state index in [2.05, 4.69) is 40.0 Å². The fourth-order valence-corrected chi connectivity index (χ4v) is 5.33. The van der Waals surface area contributed by atoms with Crippen LogP contribution in [0.2, 0.25) is 0 Å². The van der Waals surface area contributed by atoms with E-state index in [-0.39, 0.29) is 42.3 Å². The highest BCUT2D eigenvalue weighted by atomic mass is 19.1. The summed E-state index contributed by atoms with van der Waals surface area (Å²) in [7, 11) is 0. The fraction of sp³-hybridized carbons (Fsp3) is 0.719. The Labute approximate surface area is 254 Å². The van der Waals surface area contributed by atoms with Crippen molar-refractivity contribution >= 4 is 28.9 Å². The summed E-state index contributed by atoms with van der Waals surface area (Å²) in [6.07, 6.45) is 19.8. The topological polar surface area (TPSA) is 128 Å².